The minimum Gasteiger partial charge on any atom is -0.293 e. The Morgan fingerprint density at radius 1 is 0.893 bits per heavy atom. The molecule has 0 saturated heterocycles. The fourth-order valence-electron chi connectivity index (χ4n) is 2.34. The highest BCUT2D eigenvalue weighted by Gasteiger charge is 2.28. The molecule has 2 unspecified atom stereocenters. The summed E-state index contributed by atoms with van der Waals surface area (Å²) in [5.41, 5.74) is 0.167. The van der Waals surface area contributed by atoms with E-state index >= 15 is 0 Å². The molecule has 0 N–H and O–H groups in total. The van der Waals surface area contributed by atoms with E-state index in [2.05, 4.69) is 0 Å². The summed E-state index contributed by atoms with van der Waals surface area (Å²) in [7, 11) is 0. The van der Waals surface area contributed by atoms with Crippen molar-refractivity contribution in [1.82, 2.24) is 0 Å². The Kier molecular flexibility index (Phi) is 8.17. The summed E-state index contributed by atoms with van der Waals surface area (Å²) in [5, 5.41) is 0. The molecule has 150 valence electrons. The number of hydrogen-bond donors (Lipinski definition) is 0. The predicted octanol–water partition coefficient (Wildman–Crippen LogP) is 4.90. The maximum Gasteiger partial charge on any atom is 0.373 e. The zero-order valence-electron chi connectivity index (χ0n) is 16.4. The van der Waals surface area contributed by atoms with Gasteiger partial charge in [0.2, 0.25) is 0 Å². The molecule has 0 spiro atoms. The highest BCUT2D eigenvalue weighted by Crippen LogP contribution is 2.24. The van der Waals surface area contributed by atoms with Crippen molar-refractivity contribution in [2.45, 2.75) is 51.7 Å². The maximum absolute atomic E-state index is 12.0. The number of hydrogen-bond acceptors (Lipinski definition) is 6. The first kappa shape index (κ1) is 21.6. The van der Waals surface area contributed by atoms with Gasteiger partial charge in [-0.25, -0.2) is 9.59 Å². The van der Waals surface area contributed by atoms with Gasteiger partial charge in [-0.3, -0.25) is 9.78 Å². The van der Waals surface area contributed by atoms with E-state index in [4.69, 9.17) is 19.6 Å². The zero-order valence-corrected chi connectivity index (χ0v) is 16.4. The van der Waals surface area contributed by atoms with Crippen LogP contribution in [0.5, 0.6) is 0 Å². The zero-order chi connectivity index (χ0) is 20.4. The van der Waals surface area contributed by atoms with Crippen LogP contribution >= 0.6 is 0 Å². The molecule has 0 fully saturated rings. The summed E-state index contributed by atoms with van der Waals surface area (Å²) in [6.45, 7) is 5.59. The SMILES string of the molecule is CCC(C)(CCC(C)OOC(=O)c1ccccc1)OOC(=O)c1ccccc1. The van der Waals surface area contributed by atoms with Crippen molar-refractivity contribution in [3.8, 4) is 0 Å². The predicted molar refractivity (Wildman–Crippen MR) is 103 cm³/mol. The minimum absolute atomic E-state index is 0.341. The Morgan fingerprint density at radius 2 is 1.39 bits per heavy atom. The molecule has 0 saturated carbocycles. The molecular formula is C22H26O6. The number of carbonyl (C=O) groups is 2. The summed E-state index contributed by atoms with van der Waals surface area (Å²) >= 11 is 0. The van der Waals surface area contributed by atoms with Crippen LogP contribution in [0.1, 0.15) is 60.7 Å². The van der Waals surface area contributed by atoms with Gasteiger partial charge >= 0.3 is 11.9 Å². The van der Waals surface area contributed by atoms with Crippen LogP contribution in [0, 0.1) is 0 Å². The Bertz CT molecular complexity index is 746. The van der Waals surface area contributed by atoms with E-state index in [9.17, 15) is 9.59 Å². The molecule has 2 rings (SSSR count). The second kappa shape index (κ2) is 10.6. The molecule has 2 aromatic carbocycles. The molecule has 0 bridgehead atoms. The molecule has 0 aliphatic heterocycles. The molecule has 0 aliphatic rings. The van der Waals surface area contributed by atoms with Crippen LogP contribution in [-0.2, 0) is 19.6 Å². The fourth-order valence-corrected chi connectivity index (χ4v) is 2.34. The first-order valence-corrected chi connectivity index (χ1v) is 9.31. The van der Waals surface area contributed by atoms with Gasteiger partial charge in [-0.15, -0.1) is 0 Å². The third-order valence-corrected chi connectivity index (χ3v) is 4.45. The van der Waals surface area contributed by atoms with E-state index in [0.29, 0.717) is 30.4 Å². The number of rotatable bonds is 10. The molecule has 2 atom stereocenters. The second-order valence-corrected chi connectivity index (χ2v) is 6.81. The first-order chi connectivity index (χ1) is 13.4. The molecule has 6 nitrogen and oxygen atoms in total. The normalized spacial score (nSPS) is 14.0. The molecule has 0 aliphatic carbocycles. The fraction of sp³-hybridized carbons (Fsp3) is 0.364. The molecule has 0 aromatic heterocycles. The molecule has 0 amide bonds. The topological polar surface area (TPSA) is 71.1 Å². The lowest BCUT2D eigenvalue weighted by molar-refractivity contribution is -0.319. The highest BCUT2D eigenvalue weighted by molar-refractivity contribution is 5.89. The van der Waals surface area contributed by atoms with Crippen LogP contribution in [0.2, 0.25) is 0 Å². The lowest BCUT2D eigenvalue weighted by atomic mass is 9.96. The van der Waals surface area contributed by atoms with Crippen molar-refractivity contribution in [2.75, 3.05) is 0 Å². The Balaban J connectivity index is 1.76. The van der Waals surface area contributed by atoms with Gasteiger partial charge < -0.3 is 0 Å². The van der Waals surface area contributed by atoms with Crippen LogP contribution in [0.4, 0.5) is 0 Å². The summed E-state index contributed by atoms with van der Waals surface area (Å²) in [6.07, 6.45) is 1.39. The van der Waals surface area contributed by atoms with Crippen molar-refractivity contribution in [2.24, 2.45) is 0 Å². The van der Waals surface area contributed by atoms with E-state index in [1.165, 1.54) is 0 Å². The van der Waals surface area contributed by atoms with Crippen molar-refractivity contribution < 1.29 is 29.1 Å². The third kappa shape index (κ3) is 6.79. The van der Waals surface area contributed by atoms with Gasteiger partial charge in [0.25, 0.3) is 0 Å². The van der Waals surface area contributed by atoms with Crippen molar-refractivity contribution >= 4 is 11.9 Å². The average Bonchev–Trinajstić information content (AvgIpc) is 2.75. The highest BCUT2D eigenvalue weighted by atomic mass is 17.2. The quantitative estimate of drug-likeness (QED) is 0.427. The molecular weight excluding hydrogens is 360 g/mol. The average molecular weight is 386 g/mol. The maximum atomic E-state index is 12.0. The summed E-state index contributed by atoms with van der Waals surface area (Å²) in [5.74, 6) is -1.08. The van der Waals surface area contributed by atoms with E-state index in [1.807, 2.05) is 26.0 Å². The number of benzene rings is 2. The largest absolute Gasteiger partial charge is 0.373 e. The van der Waals surface area contributed by atoms with Crippen LogP contribution in [-0.4, -0.2) is 23.6 Å². The second-order valence-electron chi connectivity index (χ2n) is 6.81. The third-order valence-electron chi connectivity index (χ3n) is 4.45. The molecule has 2 aromatic rings. The van der Waals surface area contributed by atoms with Crippen molar-refractivity contribution in [3.63, 3.8) is 0 Å². The van der Waals surface area contributed by atoms with Gasteiger partial charge in [0.1, 0.15) is 11.7 Å². The van der Waals surface area contributed by atoms with Crippen LogP contribution in [0.25, 0.3) is 0 Å². The summed E-state index contributed by atoms with van der Waals surface area (Å²) in [4.78, 5) is 44.4. The van der Waals surface area contributed by atoms with Gasteiger partial charge in [-0.05, 0) is 57.4 Å². The lowest BCUT2D eigenvalue weighted by Crippen LogP contribution is -2.31. The number of carbonyl (C=O) groups excluding carboxylic acids is 2. The molecule has 6 heteroatoms. The smallest absolute Gasteiger partial charge is 0.293 e. The lowest BCUT2D eigenvalue weighted by Gasteiger charge is -2.27. The van der Waals surface area contributed by atoms with Gasteiger partial charge in [-0.1, -0.05) is 43.3 Å². The Labute approximate surface area is 165 Å². The van der Waals surface area contributed by atoms with Gasteiger partial charge in [0.05, 0.1) is 11.1 Å². The van der Waals surface area contributed by atoms with Gasteiger partial charge in [0, 0.05) is 0 Å². The van der Waals surface area contributed by atoms with E-state index in [-0.39, 0.29) is 6.10 Å². The van der Waals surface area contributed by atoms with Crippen molar-refractivity contribution in [3.05, 3.63) is 71.8 Å². The monoisotopic (exact) mass is 386 g/mol. The first-order valence-electron chi connectivity index (χ1n) is 9.31. The van der Waals surface area contributed by atoms with Gasteiger partial charge in [0.15, 0.2) is 0 Å². The van der Waals surface area contributed by atoms with Crippen LogP contribution in [0.3, 0.4) is 0 Å². The van der Waals surface area contributed by atoms with E-state index in [1.54, 1.807) is 55.5 Å². The molecule has 28 heavy (non-hydrogen) atoms. The Hall–Kier alpha value is -2.70. The summed E-state index contributed by atoms with van der Waals surface area (Å²) < 4.78 is 0. The molecule has 0 radical (unpaired) electrons. The van der Waals surface area contributed by atoms with E-state index < -0.39 is 17.5 Å². The standard InChI is InChI=1S/C22H26O6/c1-4-22(3,28-27-21(24)19-13-9-6-10-14-19)16-15-17(2)25-26-20(23)18-11-7-5-8-12-18/h5-14,17H,4,15-16H2,1-3H3. The van der Waals surface area contributed by atoms with Crippen LogP contribution in [0.15, 0.2) is 60.7 Å². The summed E-state index contributed by atoms with van der Waals surface area (Å²) in [6, 6.07) is 17.3. The van der Waals surface area contributed by atoms with Gasteiger partial charge in [-0.2, -0.15) is 9.78 Å². The Morgan fingerprint density at radius 3 is 1.89 bits per heavy atom. The van der Waals surface area contributed by atoms with E-state index in [0.717, 1.165) is 0 Å². The minimum atomic E-state index is -0.675. The van der Waals surface area contributed by atoms with Crippen LogP contribution < -0.4 is 0 Å². The van der Waals surface area contributed by atoms with Crippen molar-refractivity contribution in [1.29, 1.82) is 0 Å². The molecule has 0 heterocycles.